The van der Waals surface area contributed by atoms with Gasteiger partial charge in [0.1, 0.15) is 0 Å². The summed E-state index contributed by atoms with van der Waals surface area (Å²) in [5.41, 5.74) is 0.586. The minimum Gasteiger partial charge on any atom is -0.305 e. The second-order valence-corrected chi connectivity index (χ2v) is 6.25. The summed E-state index contributed by atoms with van der Waals surface area (Å²) in [7, 11) is 0. The van der Waals surface area contributed by atoms with Crippen molar-refractivity contribution in [2.45, 2.75) is 38.1 Å². The summed E-state index contributed by atoms with van der Waals surface area (Å²) in [5, 5.41) is 6.73. The molecule has 1 aromatic carbocycles. The molecule has 1 aliphatic rings. The van der Waals surface area contributed by atoms with Crippen molar-refractivity contribution >= 4 is 27.2 Å². The third kappa shape index (κ3) is 2.11. The molecule has 3 rings (SSSR count). The topological polar surface area (TPSA) is 29.1 Å². The van der Waals surface area contributed by atoms with Crippen LogP contribution in [0.3, 0.4) is 0 Å². The SMILES string of the molecule is CCCC1(C(=O)c2cccc3ccsc23)CCCN1. The highest BCUT2D eigenvalue weighted by molar-refractivity contribution is 7.17. The zero-order chi connectivity index (χ0) is 13.3. The highest BCUT2D eigenvalue weighted by atomic mass is 32.1. The van der Waals surface area contributed by atoms with Crippen LogP contribution in [0.25, 0.3) is 10.1 Å². The molecule has 3 heteroatoms. The maximum atomic E-state index is 13.0. The molecule has 1 aromatic heterocycles. The first-order valence-corrected chi connectivity index (χ1v) is 7.91. The molecule has 1 saturated heterocycles. The summed E-state index contributed by atoms with van der Waals surface area (Å²) < 4.78 is 1.14. The highest BCUT2D eigenvalue weighted by Gasteiger charge is 2.40. The maximum Gasteiger partial charge on any atom is 0.184 e. The minimum atomic E-state index is -0.312. The van der Waals surface area contributed by atoms with Crippen molar-refractivity contribution in [1.29, 1.82) is 0 Å². The average molecular weight is 273 g/mol. The van der Waals surface area contributed by atoms with Crippen LogP contribution in [0.1, 0.15) is 43.0 Å². The third-order valence-electron chi connectivity index (χ3n) is 4.08. The molecule has 0 amide bonds. The fraction of sp³-hybridized carbons (Fsp3) is 0.438. The third-order valence-corrected chi connectivity index (χ3v) is 5.04. The molecule has 2 nitrogen and oxygen atoms in total. The van der Waals surface area contributed by atoms with Crippen molar-refractivity contribution < 1.29 is 4.79 Å². The van der Waals surface area contributed by atoms with E-state index in [4.69, 9.17) is 0 Å². The number of hydrogen-bond donors (Lipinski definition) is 1. The second kappa shape index (κ2) is 5.06. The minimum absolute atomic E-state index is 0.292. The Morgan fingerprint density at radius 2 is 2.32 bits per heavy atom. The molecule has 2 aromatic rings. The van der Waals surface area contributed by atoms with Crippen molar-refractivity contribution in [3.8, 4) is 0 Å². The van der Waals surface area contributed by atoms with E-state index in [1.165, 1.54) is 5.39 Å². The van der Waals surface area contributed by atoms with E-state index in [1.807, 2.05) is 12.1 Å². The van der Waals surface area contributed by atoms with Crippen LogP contribution in [0.4, 0.5) is 0 Å². The van der Waals surface area contributed by atoms with Crippen LogP contribution in [0.2, 0.25) is 0 Å². The standard InChI is InChI=1S/C16H19NOS/c1-2-8-16(9-4-10-17-16)15(18)13-6-3-5-12-7-11-19-14(12)13/h3,5-7,11,17H,2,4,8-10H2,1H3. The smallest absolute Gasteiger partial charge is 0.184 e. The molecule has 0 aliphatic carbocycles. The summed E-state index contributed by atoms with van der Waals surface area (Å²) in [6.45, 7) is 3.12. The number of thiophene rings is 1. The van der Waals surface area contributed by atoms with Gasteiger partial charge in [0.2, 0.25) is 0 Å². The number of nitrogens with one attached hydrogen (secondary N) is 1. The molecule has 100 valence electrons. The first-order valence-electron chi connectivity index (χ1n) is 7.03. The highest BCUT2D eigenvalue weighted by Crippen LogP contribution is 2.33. The number of ketones is 1. The van der Waals surface area contributed by atoms with Crippen LogP contribution in [0.5, 0.6) is 0 Å². The first-order chi connectivity index (χ1) is 9.27. The van der Waals surface area contributed by atoms with Gasteiger partial charge in [-0.25, -0.2) is 0 Å². The lowest BCUT2D eigenvalue weighted by molar-refractivity contribution is 0.0859. The Morgan fingerprint density at radius 1 is 1.42 bits per heavy atom. The summed E-state index contributed by atoms with van der Waals surface area (Å²) in [6.07, 6.45) is 4.06. The van der Waals surface area contributed by atoms with Gasteiger partial charge in [0.15, 0.2) is 5.78 Å². The van der Waals surface area contributed by atoms with Crippen LogP contribution in [0.15, 0.2) is 29.6 Å². The largest absolute Gasteiger partial charge is 0.305 e. The number of carbonyl (C=O) groups is 1. The zero-order valence-corrected chi connectivity index (χ0v) is 12.1. The number of benzene rings is 1. The Kier molecular flexibility index (Phi) is 3.42. The van der Waals surface area contributed by atoms with E-state index in [2.05, 4.69) is 29.8 Å². The van der Waals surface area contributed by atoms with E-state index in [-0.39, 0.29) is 5.54 Å². The van der Waals surface area contributed by atoms with E-state index < -0.39 is 0 Å². The zero-order valence-electron chi connectivity index (χ0n) is 11.2. The maximum absolute atomic E-state index is 13.0. The predicted octanol–water partition coefficient (Wildman–Crippen LogP) is 4.01. The van der Waals surface area contributed by atoms with Gasteiger partial charge in [0.25, 0.3) is 0 Å². The van der Waals surface area contributed by atoms with Gasteiger partial charge < -0.3 is 5.32 Å². The molecule has 19 heavy (non-hydrogen) atoms. The van der Waals surface area contributed by atoms with Gasteiger partial charge in [-0.15, -0.1) is 11.3 Å². The van der Waals surface area contributed by atoms with E-state index in [1.54, 1.807) is 11.3 Å². The average Bonchev–Trinajstić information content (AvgIpc) is 3.06. The Balaban J connectivity index is 2.05. The van der Waals surface area contributed by atoms with Gasteiger partial charge >= 0.3 is 0 Å². The lowest BCUT2D eigenvalue weighted by Crippen LogP contribution is -2.47. The van der Waals surface area contributed by atoms with Crippen molar-refractivity contribution in [2.24, 2.45) is 0 Å². The molecule has 1 atom stereocenters. The van der Waals surface area contributed by atoms with E-state index in [9.17, 15) is 4.79 Å². The number of rotatable bonds is 4. The van der Waals surface area contributed by atoms with Crippen LogP contribution in [-0.4, -0.2) is 17.9 Å². The summed E-state index contributed by atoms with van der Waals surface area (Å²) in [6, 6.07) is 8.15. The normalized spacial score (nSPS) is 23.0. The number of fused-ring (bicyclic) bond motifs is 1. The van der Waals surface area contributed by atoms with Crippen LogP contribution >= 0.6 is 11.3 Å². The van der Waals surface area contributed by atoms with E-state index in [0.717, 1.165) is 42.5 Å². The van der Waals surface area contributed by atoms with Crippen molar-refractivity contribution in [2.75, 3.05) is 6.54 Å². The Hall–Kier alpha value is -1.19. The molecule has 0 spiro atoms. The molecule has 1 N–H and O–H groups in total. The molecule has 2 heterocycles. The van der Waals surface area contributed by atoms with Gasteiger partial charge in [-0.05, 0) is 48.7 Å². The molecular weight excluding hydrogens is 254 g/mol. The molecule has 0 saturated carbocycles. The molecule has 0 radical (unpaired) electrons. The van der Waals surface area contributed by atoms with Crippen molar-refractivity contribution in [3.63, 3.8) is 0 Å². The van der Waals surface area contributed by atoms with Crippen LogP contribution in [0, 0.1) is 0 Å². The Labute approximate surface area is 117 Å². The predicted molar refractivity (Wildman–Crippen MR) is 81.0 cm³/mol. The van der Waals surface area contributed by atoms with Crippen molar-refractivity contribution in [3.05, 3.63) is 35.2 Å². The lowest BCUT2D eigenvalue weighted by Gasteiger charge is -2.28. The van der Waals surface area contributed by atoms with Crippen LogP contribution in [-0.2, 0) is 0 Å². The van der Waals surface area contributed by atoms with Gasteiger partial charge in [-0.3, -0.25) is 4.79 Å². The summed E-state index contributed by atoms with van der Waals surface area (Å²) in [5.74, 6) is 0.292. The van der Waals surface area contributed by atoms with Gasteiger partial charge in [0, 0.05) is 10.3 Å². The lowest BCUT2D eigenvalue weighted by atomic mass is 9.83. The van der Waals surface area contributed by atoms with Crippen LogP contribution < -0.4 is 5.32 Å². The molecule has 1 unspecified atom stereocenters. The molecule has 1 fully saturated rings. The van der Waals surface area contributed by atoms with E-state index >= 15 is 0 Å². The quantitative estimate of drug-likeness (QED) is 0.853. The Morgan fingerprint density at radius 3 is 3.05 bits per heavy atom. The van der Waals surface area contributed by atoms with Gasteiger partial charge in [0.05, 0.1) is 5.54 Å². The molecule has 1 aliphatic heterocycles. The Bertz CT molecular complexity index is 596. The number of carbonyl (C=O) groups excluding carboxylic acids is 1. The number of Topliss-reactive ketones (excluding diaryl/α,β-unsaturated/α-hetero) is 1. The second-order valence-electron chi connectivity index (χ2n) is 5.34. The fourth-order valence-electron chi connectivity index (χ4n) is 3.18. The summed E-state index contributed by atoms with van der Waals surface area (Å²) in [4.78, 5) is 13.0. The van der Waals surface area contributed by atoms with E-state index in [0.29, 0.717) is 5.78 Å². The molecule has 0 bridgehead atoms. The van der Waals surface area contributed by atoms with Gasteiger partial charge in [-0.2, -0.15) is 0 Å². The van der Waals surface area contributed by atoms with Gasteiger partial charge in [-0.1, -0.05) is 25.5 Å². The monoisotopic (exact) mass is 273 g/mol. The summed E-state index contributed by atoms with van der Waals surface area (Å²) >= 11 is 1.67. The van der Waals surface area contributed by atoms with Crippen molar-refractivity contribution in [1.82, 2.24) is 5.32 Å². The first kappa shape index (κ1) is 12.8. The molecular formula is C16H19NOS. The fourth-order valence-corrected chi connectivity index (χ4v) is 4.09. The number of hydrogen-bond acceptors (Lipinski definition) is 3.